The number of likely N-dealkylation sites (tertiary alicyclic amines) is 1. The van der Waals surface area contributed by atoms with E-state index >= 15 is 0 Å². The summed E-state index contributed by atoms with van der Waals surface area (Å²) >= 11 is 0. The highest BCUT2D eigenvalue weighted by Crippen LogP contribution is 2.24. The van der Waals surface area contributed by atoms with Gasteiger partial charge in [-0.05, 0) is 43.6 Å². The Labute approximate surface area is 124 Å². The van der Waals surface area contributed by atoms with Gasteiger partial charge in [0.2, 0.25) is 0 Å². The minimum atomic E-state index is -0.291. The minimum Gasteiger partial charge on any atom is -0.497 e. The first kappa shape index (κ1) is 14.1. The molecule has 0 aliphatic carbocycles. The monoisotopic (exact) mass is 287 g/mol. The number of rotatable bonds is 3. The summed E-state index contributed by atoms with van der Waals surface area (Å²) in [5.41, 5.74) is 1.36. The van der Waals surface area contributed by atoms with Crippen molar-refractivity contribution in [2.45, 2.75) is 32.2 Å². The van der Waals surface area contributed by atoms with E-state index in [-0.39, 0.29) is 5.63 Å². The van der Waals surface area contributed by atoms with Crippen LogP contribution in [0.4, 0.5) is 0 Å². The smallest absolute Gasteiger partial charge is 0.336 e. The van der Waals surface area contributed by atoms with Crippen LogP contribution in [0.15, 0.2) is 33.5 Å². The molecule has 21 heavy (non-hydrogen) atoms. The lowest BCUT2D eigenvalue weighted by Gasteiger charge is -2.20. The molecule has 1 aromatic heterocycles. The van der Waals surface area contributed by atoms with Gasteiger partial charge < -0.3 is 9.15 Å². The predicted octanol–water partition coefficient (Wildman–Crippen LogP) is 3.18. The van der Waals surface area contributed by atoms with Crippen LogP contribution >= 0.6 is 0 Å². The van der Waals surface area contributed by atoms with Crippen LogP contribution < -0.4 is 10.4 Å². The fraction of sp³-hybridized carbons (Fsp3) is 0.471. The second-order valence-corrected chi connectivity index (χ2v) is 5.64. The number of ether oxygens (including phenoxy) is 1. The van der Waals surface area contributed by atoms with Crippen molar-refractivity contribution < 1.29 is 9.15 Å². The molecule has 0 spiro atoms. The zero-order valence-corrected chi connectivity index (χ0v) is 12.4. The number of benzene rings is 1. The van der Waals surface area contributed by atoms with Gasteiger partial charge in [0.1, 0.15) is 11.3 Å². The quantitative estimate of drug-likeness (QED) is 0.813. The maximum absolute atomic E-state index is 11.8. The molecule has 0 saturated carbocycles. The standard InChI is InChI=1S/C17H21NO3/c1-20-14-6-7-15-13(10-17(19)21-16(15)11-14)12-18-8-4-2-3-5-9-18/h6-7,10-11H,2-5,8-9,12H2,1H3. The third-order valence-electron chi connectivity index (χ3n) is 4.13. The van der Waals surface area contributed by atoms with Crippen molar-refractivity contribution in [3.8, 4) is 5.75 Å². The molecule has 1 aliphatic heterocycles. The normalized spacial score (nSPS) is 16.8. The van der Waals surface area contributed by atoms with Crippen molar-refractivity contribution in [2.24, 2.45) is 0 Å². The summed E-state index contributed by atoms with van der Waals surface area (Å²) in [4.78, 5) is 14.2. The second-order valence-electron chi connectivity index (χ2n) is 5.64. The van der Waals surface area contributed by atoms with Gasteiger partial charge in [-0.15, -0.1) is 0 Å². The van der Waals surface area contributed by atoms with Crippen LogP contribution in [0, 0.1) is 0 Å². The first-order valence-electron chi connectivity index (χ1n) is 7.59. The van der Waals surface area contributed by atoms with Crippen LogP contribution in [0.5, 0.6) is 5.75 Å². The van der Waals surface area contributed by atoms with Crippen molar-refractivity contribution in [3.05, 3.63) is 40.2 Å². The predicted molar refractivity (Wildman–Crippen MR) is 82.8 cm³/mol. The number of nitrogens with zero attached hydrogens (tertiary/aromatic N) is 1. The van der Waals surface area contributed by atoms with Crippen molar-refractivity contribution in [3.63, 3.8) is 0 Å². The zero-order valence-electron chi connectivity index (χ0n) is 12.4. The molecule has 2 aromatic rings. The molecule has 4 heteroatoms. The summed E-state index contributed by atoms with van der Waals surface area (Å²) in [6.45, 7) is 3.03. The maximum Gasteiger partial charge on any atom is 0.336 e. The molecule has 0 atom stereocenters. The fourth-order valence-corrected chi connectivity index (χ4v) is 3.00. The van der Waals surface area contributed by atoms with E-state index in [0.717, 1.165) is 30.6 Å². The molecule has 1 aliphatic rings. The summed E-state index contributed by atoms with van der Waals surface area (Å²) in [7, 11) is 1.61. The lowest BCUT2D eigenvalue weighted by atomic mass is 10.1. The van der Waals surface area contributed by atoms with Crippen LogP contribution in [-0.4, -0.2) is 25.1 Å². The molecule has 0 N–H and O–H groups in total. The van der Waals surface area contributed by atoms with E-state index in [2.05, 4.69) is 4.90 Å². The number of hydrogen-bond acceptors (Lipinski definition) is 4. The van der Waals surface area contributed by atoms with Gasteiger partial charge in [0, 0.05) is 24.1 Å². The van der Waals surface area contributed by atoms with E-state index < -0.39 is 0 Å². The third-order valence-corrected chi connectivity index (χ3v) is 4.13. The Kier molecular flexibility index (Phi) is 4.25. The lowest BCUT2D eigenvalue weighted by Crippen LogP contribution is -2.24. The van der Waals surface area contributed by atoms with E-state index in [1.54, 1.807) is 19.2 Å². The van der Waals surface area contributed by atoms with Crippen LogP contribution in [0.3, 0.4) is 0 Å². The molecule has 112 valence electrons. The van der Waals surface area contributed by atoms with E-state index in [1.807, 2.05) is 12.1 Å². The van der Waals surface area contributed by atoms with Crippen molar-refractivity contribution in [2.75, 3.05) is 20.2 Å². The third kappa shape index (κ3) is 3.27. The van der Waals surface area contributed by atoms with Crippen LogP contribution in [0.25, 0.3) is 11.0 Å². The Bertz CT molecular complexity index is 669. The first-order valence-corrected chi connectivity index (χ1v) is 7.59. The Morgan fingerprint density at radius 1 is 1.14 bits per heavy atom. The summed E-state index contributed by atoms with van der Waals surface area (Å²) in [6, 6.07) is 7.29. The highest BCUT2D eigenvalue weighted by molar-refractivity contribution is 5.81. The van der Waals surface area contributed by atoms with Gasteiger partial charge in [0.25, 0.3) is 0 Å². The number of methoxy groups -OCH3 is 1. The summed E-state index contributed by atoms with van der Waals surface area (Å²) in [5, 5.41) is 1.000. The molecule has 1 fully saturated rings. The minimum absolute atomic E-state index is 0.291. The average Bonchev–Trinajstić information content (AvgIpc) is 2.75. The molecule has 0 bridgehead atoms. The SMILES string of the molecule is COc1ccc2c(CN3CCCCCC3)cc(=O)oc2c1. The van der Waals surface area contributed by atoms with E-state index in [9.17, 15) is 4.79 Å². The highest BCUT2D eigenvalue weighted by atomic mass is 16.5. The fourth-order valence-electron chi connectivity index (χ4n) is 3.00. The molecule has 1 saturated heterocycles. The Morgan fingerprint density at radius 3 is 2.62 bits per heavy atom. The number of hydrogen-bond donors (Lipinski definition) is 0. The highest BCUT2D eigenvalue weighted by Gasteiger charge is 2.13. The van der Waals surface area contributed by atoms with Crippen LogP contribution in [-0.2, 0) is 6.54 Å². The molecule has 3 rings (SSSR count). The summed E-state index contributed by atoms with van der Waals surface area (Å²) in [6.07, 6.45) is 5.11. The molecule has 0 radical (unpaired) electrons. The molecule has 2 heterocycles. The second kappa shape index (κ2) is 6.31. The van der Waals surface area contributed by atoms with Crippen LogP contribution in [0.1, 0.15) is 31.2 Å². The maximum atomic E-state index is 11.8. The molecular weight excluding hydrogens is 266 g/mol. The van der Waals surface area contributed by atoms with Crippen molar-refractivity contribution in [1.29, 1.82) is 0 Å². The van der Waals surface area contributed by atoms with Gasteiger partial charge in [0.05, 0.1) is 7.11 Å². The van der Waals surface area contributed by atoms with Gasteiger partial charge in [-0.25, -0.2) is 4.79 Å². The van der Waals surface area contributed by atoms with Crippen LogP contribution in [0.2, 0.25) is 0 Å². The van der Waals surface area contributed by atoms with Gasteiger partial charge in [0.15, 0.2) is 0 Å². The molecular formula is C17H21NO3. The largest absolute Gasteiger partial charge is 0.497 e. The van der Waals surface area contributed by atoms with Gasteiger partial charge in [-0.3, -0.25) is 4.90 Å². The lowest BCUT2D eigenvalue weighted by molar-refractivity contribution is 0.277. The Balaban J connectivity index is 1.95. The zero-order chi connectivity index (χ0) is 14.7. The number of fused-ring (bicyclic) bond motifs is 1. The van der Waals surface area contributed by atoms with Gasteiger partial charge in [-0.1, -0.05) is 12.8 Å². The van der Waals surface area contributed by atoms with Gasteiger partial charge in [-0.2, -0.15) is 0 Å². The topological polar surface area (TPSA) is 42.7 Å². The molecule has 0 unspecified atom stereocenters. The summed E-state index contributed by atoms with van der Waals surface area (Å²) < 4.78 is 10.5. The van der Waals surface area contributed by atoms with Crippen molar-refractivity contribution in [1.82, 2.24) is 4.90 Å². The average molecular weight is 287 g/mol. The Hall–Kier alpha value is -1.81. The summed E-state index contributed by atoms with van der Waals surface area (Å²) in [5.74, 6) is 0.706. The first-order chi connectivity index (χ1) is 10.3. The molecule has 1 aromatic carbocycles. The Morgan fingerprint density at radius 2 is 1.90 bits per heavy atom. The van der Waals surface area contributed by atoms with E-state index in [1.165, 1.54) is 25.7 Å². The van der Waals surface area contributed by atoms with Gasteiger partial charge >= 0.3 is 5.63 Å². The molecule has 0 amide bonds. The molecule has 4 nitrogen and oxygen atoms in total. The van der Waals surface area contributed by atoms with Crippen molar-refractivity contribution >= 4 is 11.0 Å². The van der Waals surface area contributed by atoms with E-state index in [0.29, 0.717) is 11.3 Å². The van der Waals surface area contributed by atoms with E-state index in [4.69, 9.17) is 9.15 Å².